The molecule has 4 rings (SSSR count). The van der Waals surface area contributed by atoms with Crippen LogP contribution in [-0.4, -0.2) is 29.8 Å². The number of nitrogens with one attached hydrogen (secondary N) is 1. The first-order valence-electron chi connectivity index (χ1n) is 9.14. The molecule has 0 saturated heterocycles. The first-order valence-corrected chi connectivity index (χ1v) is 9.96. The minimum atomic E-state index is 0.122. The predicted octanol–water partition coefficient (Wildman–Crippen LogP) is 3.54. The average molecular weight is 373 g/mol. The van der Waals surface area contributed by atoms with E-state index in [2.05, 4.69) is 15.5 Å². The van der Waals surface area contributed by atoms with E-state index in [4.69, 9.17) is 9.47 Å². The molecule has 1 aromatic heterocycles. The Morgan fingerprint density at radius 1 is 1.23 bits per heavy atom. The summed E-state index contributed by atoms with van der Waals surface area (Å²) in [4.78, 5) is 12.4. The molecule has 0 bridgehead atoms. The van der Waals surface area contributed by atoms with E-state index in [1.165, 1.54) is 37.0 Å². The molecule has 138 valence electrons. The Bertz CT molecular complexity index is 767. The van der Waals surface area contributed by atoms with Gasteiger partial charge in [0.15, 0.2) is 0 Å². The van der Waals surface area contributed by atoms with Crippen molar-refractivity contribution in [2.75, 3.05) is 19.0 Å². The van der Waals surface area contributed by atoms with E-state index in [9.17, 15) is 4.79 Å². The minimum Gasteiger partial charge on any atom is -0.497 e. The third-order valence-electron chi connectivity index (χ3n) is 5.28. The lowest BCUT2D eigenvalue weighted by Gasteiger charge is -2.06. The predicted molar refractivity (Wildman–Crippen MR) is 99.7 cm³/mol. The van der Waals surface area contributed by atoms with E-state index >= 15 is 0 Å². The summed E-state index contributed by atoms with van der Waals surface area (Å²) in [6.07, 6.45) is 5.58. The molecule has 2 atom stereocenters. The Labute approximate surface area is 156 Å². The lowest BCUT2D eigenvalue weighted by atomic mass is 10.0. The van der Waals surface area contributed by atoms with E-state index < -0.39 is 0 Å². The van der Waals surface area contributed by atoms with Crippen LogP contribution in [0.15, 0.2) is 24.3 Å². The number of rotatable bonds is 7. The zero-order valence-corrected chi connectivity index (χ0v) is 15.6. The van der Waals surface area contributed by atoms with Gasteiger partial charge in [0.1, 0.15) is 16.5 Å². The van der Waals surface area contributed by atoms with Crippen LogP contribution < -0.4 is 14.8 Å². The Morgan fingerprint density at radius 2 is 2.00 bits per heavy atom. The van der Waals surface area contributed by atoms with Crippen molar-refractivity contribution in [3.8, 4) is 11.5 Å². The molecule has 2 aliphatic carbocycles. The van der Waals surface area contributed by atoms with Gasteiger partial charge in [0.2, 0.25) is 11.0 Å². The molecule has 2 saturated carbocycles. The van der Waals surface area contributed by atoms with Gasteiger partial charge in [0.05, 0.1) is 13.7 Å². The highest BCUT2D eigenvalue weighted by atomic mass is 32.1. The van der Waals surface area contributed by atoms with Gasteiger partial charge in [0.25, 0.3) is 0 Å². The summed E-state index contributed by atoms with van der Waals surface area (Å²) >= 11 is 1.42. The van der Waals surface area contributed by atoms with Gasteiger partial charge >= 0.3 is 0 Å². The van der Waals surface area contributed by atoms with Crippen LogP contribution in [0.4, 0.5) is 5.13 Å². The molecular weight excluding hydrogens is 350 g/mol. The van der Waals surface area contributed by atoms with E-state index in [-0.39, 0.29) is 11.8 Å². The van der Waals surface area contributed by atoms with Crippen LogP contribution in [0, 0.1) is 17.8 Å². The van der Waals surface area contributed by atoms with E-state index in [1.54, 1.807) is 7.11 Å². The number of fused-ring (bicyclic) bond motifs is 1. The number of amides is 1. The van der Waals surface area contributed by atoms with Crippen LogP contribution in [0.2, 0.25) is 0 Å². The van der Waals surface area contributed by atoms with Crippen molar-refractivity contribution in [2.45, 2.75) is 32.1 Å². The normalized spacial score (nSPS) is 23.8. The topological polar surface area (TPSA) is 73.3 Å². The van der Waals surface area contributed by atoms with Crippen molar-refractivity contribution >= 4 is 22.4 Å². The highest BCUT2D eigenvalue weighted by Gasteiger charge is 2.54. The summed E-state index contributed by atoms with van der Waals surface area (Å²) in [5.41, 5.74) is 0. The number of ether oxygens (including phenoxy) is 2. The average Bonchev–Trinajstić information content (AvgIpc) is 3.25. The second-order valence-electron chi connectivity index (χ2n) is 6.91. The molecule has 2 aliphatic rings. The highest BCUT2D eigenvalue weighted by Crippen LogP contribution is 2.55. The van der Waals surface area contributed by atoms with Gasteiger partial charge in [-0.3, -0.25) is 4.79 Å². The van der Waals surface area contributed by atoms with Crippen molar-refractivity contribution in [1.82, 2.24) is 10.2 Å². The van der Waals surface area contributed by atoms with Crippen LogP contribution in [0.25, 0.3) is 0 Å². The fourth-order valence-corrected chi connectivity index (χ4v) is 4.65. The standard InChI is InChI=1S/C19H23N3O3S/c1-24-12-5-4-6-13(11-12)25-10-9-16-21-22-19(26-16)20-18(23)17-14-7-2-3-8-15(14)17/h4-6,11,14-15,17H,2-3,7-10H2,1H3,(H,20,22,23). The Morgan fingerprint density at radius 3 is 2.77 bits per heavy atom. The van der Waals surface area contributed by atoms with Gasteiger partial charge in [-0.2, -0.15) is 0 Å². The third kappa shape index (κ3) is 3.82. The maximum Gasteiger partial charge on any atom is 0.229 e. The molecule has 2 fully saturated rings. The second kappa shape index (κ2) is 7.61. The number of methoxy groups -OCH3 is 1. The first kappa shape index (κ1) is 17.3. The quantitative estimate of drug-likeness (QED) is 0.803. The molecule has 0 radical (unpaired) electrons. The maximum absolute atomic E-state index is 12.4. The van der Waals surface area contributed by atoms with Gasteiger partial charge in [-0.05, 0) is 36.8 Å². The van der Waals surface area contributed by atoms with Crippen LogP contribution >= 0.6 is 11.3 Å². The van der Waals surface area contributed by atoms with Gasteiger partial charge in [-0.25, -0.2) is 0 Å². The highest BCUT2D eigenvalue weighted by molar-refractivity contribution is 7.15. The summed E-state index contributed by atoms with van der Waals surface area (Å²) in [6, 6.07) is 7.51. The van der Waals surface area contributed by atoms with Crippen molar-refractivity contribution in [1.29, 1.82) is 0 Å². The molecule has 1 aromatic carbocycles. The van der Waals surface area contributed by atoms with Gasteiger partial charge in [0, 0.05) is 18.4 Å². The number of anilines is 1. The van der Waals surface area contributed by atoms with Crippen LogP contribution in [0.5, 0.6) is 11.5 Å². The molecule has 1 N–H and O–H groups in total. The summed E-state index contributed by atoms with van der Waals surface area (Å²) in [5, 5.41) is 12.7. The zero-order chi connectivity index (χ0) is 17.9. The fraction of sp³-hybridized carbons (Fsp3) is 0.526. The number of benzene rings is 1. The number of carbonyl (C=O) groups is 1. The molecule has 2 aromatic rings. The van der Waals surface area contributed by atoms with Crippen molar-refractivity contribution in [3.63, 3.8) is 0 Å². The van der Waals surface area contributed by atoms with Crippen LogP contribution in [-0.2, 0) is 11.2 Å². The molecule has 0 spiro atoms. The monoisotopic (exact) mass is 373 g/mol. The van der Waals surface area contributed by atoms with Crippen LogP contribution in [0.1, 0.15) is 30.7 Å². The Hall–Kier alpha value is -2.15. The summed E-state index contributed by atoms with van der Waals surface area (Å²) in [6.45, 7) is 0.503. The van der Waals surface area contributed by atoms with Gasteiger partial charge in [-0.15, -0.1) is 10.2 Å². The number of hydrogen-bond donors (Lipinski definition) is 1. The molecule has 7 heteroatoms. The number of carbonyl (C=O) groups excluding carboxylic acids is 1. The second-order valence-corrected chi connectivity index (χ2v) is 7.97. The SMILES string of the molecule is COc1cccc(OCCc2nnc(NC(=O)C3C4CCCCC43)s2)c1. The maximum atomic E-state index is 12.4. The molecule has 1 heterocycles. The third-order valence-corrected chi connectivity index (χ3v) is 6.18. The van der Waals surface area contributed by atoms with Crippen molar-refractivity contribution in [3.05, 3.63) is 29.3 Å². The van der Waals surface area contributed by atoms with Crippen molar-refractivity contribution in [2.24, 2.45) is 17.8 Å². The van der Waals surface area contributed by atoms with Crippen LogP contribution in [0.3, 0.4) is 0 Å². The van der Waals surface area contributed by atoms with Gasteiger partial charge < -0.3 is 14.8 Å². The number of aromatic nitrogens is 2. The summed E-state index contributed by atoms with van der Waals surface area (Å²) in [7, 11) is 1.63. The molecule has 0 aliphatic heterocycles. The fourth-order valence-electron chi connectivity index (χ4n) is 3.92. The molecule has 1 amide bonds. The molecule has 2 unspecified atom stereocenters. The number of hydrogen-bond acceptors (Lipinski definition) is 6. The van der Waals surface area contributed by atoms with Crippen molar-refractivity contribution < 1.29 is 14.3 Å². The zero-order valence-electron chi connectivity index (χ0n) is 14.8. The van der Waals surface area contributed by atoms with E-state index in [0.29, 0.717) is 30.0 Å². The van der Waals surface area contributed by atoms with Gasteiger partial charge in [-0.1, -0.05) is 30.2 Å². The summed E-state index contributed by atoms with van der Waals surface area (Å²) in [5.74, 6) is 3.06. The smallest absolute Gasteiger partial charge is 0.229 e. The van der Waals surface area contributed by atoms with E-state index in [1.807, 2.05) is 24.3 Å². The first-order chi connectivity index (χ1) is 12.7. The largest absolute Gasteiger partial charge is 0.497 e. The Balaban J connectivity index is 1.25. The summed E-state index contributed by atoms with van der Waals surface area (Å²) < 4.78 is 10.9. The molecule has 6 nitrogen and oxygen atoms in total. The lowest BCUT2D eigenvalue weighted by Crippen LogP contribution is -2.15. The number of nitrogens with zero attached hydrogens (tertiary/aromatic N) is 2. The molecular formula is C19H23N3O3S. The van der Waals surface area contributed by atoms with E-state index in [0.717, 1.165) is 16.5 Å². The lowest BCUT2D eigenvalue weighted by molar-refractivity contribution is -0.117. The molecule has 26 heavy (non-hydrogen) atoms. The minimum absolute atomic E-state index is 0.122. The Kier molecular flexibility index (Phi) is 5.06.